The van der Waals surface area contributed by atoms with Crippen molar-refractivity contribution < 1.29 is 4.79 Å². The van der Waals surface area contributed by atoms with E-state index in [0.717, 1.165) is 30.0 Å². The molecule has 152 valence electrons. The first-order valence-corrected chi connectivity index (χ1v) is 10.2. The van der Waals surface area contributed by atoms with E-state index in [-0.39, 0.29) is 11.9 Å². The fraction of sp³-hybridized carbons (Fsp3) is 0.261. The summed E-state index contributed by atoms with van der Waals surface area (Å²) in [6.07, 6.45) is 6.45. The normalized spacial score (nSPS) is 18.6. The van der Waals surface area contributed by atoms with Gasteiger partial charge in [0.15, 0.2) is 5.65 Å². The third kappa shape index (κ3) is 3.66. The van der Waals surface area contributed by atoms with Gasteiger partial charge in [0.1, 0.15) is 11.6 Å². The maximum absolute atomic E-state index is 12.1. The highest BCUT2D eigenvalue weighted by atomic mass is 16.2. The Balaban J connectivity index is 1.53. The highest BCUT2D eigenvalue weighted by Gasteiger charge is 2.24. The number of hydrogen-bond donors (Lipinski definition) is 3. The zero-order chi connectivity index (χ0) is 20.7. The van der Waals surface area contributed by atoms with Crippen molar-refractivity contribution in [2.24, 2.45) is 0 Å². The summed E-state index contributed by atoms with van der Waals surface area (Å²) in [7, 11) is 0. The number of aromatic nitrogens is 3. The van der Waals surface area contributed by atoms with Crippen LogP contribution in [0.4, 0.5) is 11.6 Å². The Hall–Kier alpha value is -3.61. The molecule has 0 bridgehead atoms. The molecular formula is C23H24N6O. The molecule has 3 heterocycles. The smallest absolute Gasteiger partial charge is 0.251 e. The molecule has 1 aromatic carbocycles. The van der Waals surface area contributed by atoms with E-state index in [0.29, 0.717) is 29.4 Å². The molecule has 1 aliphatic heterocycles. The second-order valence-corrected chi connectivity index (χ2v) is 7.96. The Morgan fingerprint density at radius 1 is 1.30 bits per heavy atom. The number of hydrogen-bond acceptors (Lipinski definition) is 5. The third-order valence-electron chi connectivity index (χ3n) is 5.41. The lowest BCUT2D eigenvalue weighted by atomic mass is 10.1. The monoisotopic (exact) mass is 400 g/mol. The zero-order valence-corrected chi connectivity index (χ0v) is 16.9. The minimum atomic E-state index is -0.109. The topological polar surface area (TPSA) is 83.3 Å². The maximum atomic E-state index is 12.1. The molecule has 1 saturated carbocycles. The first kappa shape index (κ1) is 18.4. The fourth-order valence-corrected chi connectivity index (χ4v) is 3.64. The van der Waals surface area contributed by atoms with E-state index in [1.807, 2.05) is 34.9 Å². The first-order chi connectivity index (χ1) is 14.6. The van der Waals surface area contributed by atoms with Gasteiger partial charge in [-0.25, -0.2) is 4.98 Å². The fourth-order valence-electron chi connectivity index (χ4n) is 3.64. The molecule has 2 aliphatic rings. The van der Waals surface area contributed by atoms with Gasteiger partial charge in [0, 0.05) is 41.4 Å². The van der Waals surface area contributed by atoms with Crippen LogP contribution in [0.25, 0.3) is 11.7 Å². The molecule has 5 rings (SSSR count). The van der Waals surface area contributed by atoms with E-state index in [4.69, 9.17) is 4.98 Å². The second kappa shape index (κ2) is 7.33. The molecule has 1 amide bonds. The number of nitrogens with one attached hydrogen (secondary N) is 3. The van der Waals surface area contributed by atoms with Crippen LogP contribution in [-0.2, 0) is 4.79 Å². The van der Waals surface area contributed by atoms with Crippen LogP contribution in [-0.4, -0.2) is 26.5 Å². The van der Waals surface area contributed by atoms with Crippen LogP contribution in [0, 0.1) is 0 Å². The zero-order valence-electron chi connectivity index (χ0n) is 16.9. The predicted octanol–water partition coefficient (Wildman–Crippen LogP) is 3.89. The Morgan fingerprint density at radius 3 is 2.80 bits per heavy atom. The number of amides is 1. The Morgan fingerprint density at radius 2 is 2.10 bits per heavy atom. The lowest BCUT2D eigenvalue weighted by Crippen LogP contribution is -2.13. The number of rotatable bonds is 6. The van der Waals surface area contributed by atoms with E-state index in [1.165, 1.54) is 5.56 Å². The Labute approximate surface area is 174 Å². The molecule has 2 fully saturated rings. The van der Waals surface area contributed by atoms with Crippen molar-refractivity contribution in [2.45, 2.75) is 38.3 Å². The summed E-state index contributed by atoms with van der Waals surface area (Å²) in [6.45, 7) is 5.96. The third-order valence-corrected chi connectivity index (χ3v) is 5.41. The van der Waals surface area contributed by atoms with Crippen LogP contribution in [0.2, 0.25) is 0 Å². The van der Waals surface area contributed by atoms with Gasteiger partial charge in [-0.3, -0.25) is 4.79 Å². The quantitative estimate of drug-likeness (QED) is 0.547. The molecule has 0 radical (unpaired) electrons. The Bertz CT molecular complexity index is 1160. The molecule has 1 atom stereocenters. The summed E-state index contributed by atoms with van der Waals surface area (Å²) >= 11 is 0. The summed E-state index contributed by atoms with van der Waals surface area (Å²) in [4.78, 5) is 17.0. The van der Waals surface area contributed by atoms with E-state index in [2.05, 4.69) is 46.7 Å². The standard InChI is InChI=1S/C23H24N6O/c1-14-10-17(23(30)25-14)11-18-13-24-29-21(27-19-8-9-19)12-20(28-22(18)29)26-15(2)16-6-4-3-5-7-16/h3-7,11-13,15,19,27H,1,8-10H2,2H3,(H,25,30)(H,26,28)/b17-11+/t15-/m1/s1. The van der Waals surface area contributed by atoms with Gasteiger partial charge in [-0.05, 0) is 31.4 Å². The lowest BCUT2D eigenvalue weighted by molar-refractivity contribution is -0.115. The van der Waals surface area contributed by atoms with Gasteiger partial charge in [0.2, 0.25) is 0 Å². The summed E-state index contributed by atoms with van der Waals surface area (Å²) in [5, 5.41) is 14.3. The molecule has 1 aliphatic carbocycles. The van der Waals surface area contributed by atoms with Crippen LogP contribution in [0.15, 0.2) is 60.4 Å². The minimum absolute atomic E-state index is 0.101. The van der Waals surface area contributed by atoms with Crippen LogP contribution in [0.1, 0.15) is 43.4 Å². The van der Waals surface area contributed by atoms with Gasteiger partial charge >= 0.3 is 0 Å². The largest absolute Gasteiger partial charge is 0.367 e. The van der Waals surface area contributed by atoms with Crippen molar-refractivity contribution in [1.29, 1.82) is 0 Å². The van der Waals surface area contributed by atoms with E-state index >= 15 is 0 Å². The highest BCUT2D eigenvalue weighted by molar-refractivity contribution is 6.02. The van der Waals surface area contributed by atoms with Gasteiger partial charge in [-0.15, -0.1) is 0 Å². The molecule has 0 spiro atoms. The number of fused-ring (bicyclic) bond motifs is 1. The van der Waals surface area contributed by atoms with Gasteiger partial charge < -0.3 is 16.0 Å². The summed E-state index contributed by atoms with van der Waals surface area (Å²) in [6, 6.07) is 12.8. The SMILES string of the molecule is C=C1C/C(=C\c2cnn3c(NC4CC4)cc(N[C@H](C)c4ccccc4)nc23)C(=O)N1. The van der Waals surface area contributed by atoms with Crippen LogP contribution in [0.5, 0.6) is 0 Å². The minimum Gasteiger partial charge on any atom is -0.367 e. The number of anilines is 2. The molecule has 7 heteroatoms. The number of allylic oxidation sites excluding steroid dienone is 1. The number of carbonyl (C=O) groups excluding carboxylic acids is 1. The van der Waals surface area contributed by atoms with Crippen molar-refractivity contribution in [3.63, 3.8) is 0 Å². The molecule has 3 N–H and O–H groups in total. The molecule has 1 saturated heterocycles. The molecule has 2 aromatic heterocycles. The number of carbonyl (C=O) groups is 1. The lowest BCUT2D eigenvalue weighted by Gasteiger charge is -2.17. The second-order valence-electron chi connectivity index (χ2n) is 7.96. The number of nitrogens with zero attached hydrogens (tertiary/aromatic N) is 3. The molecule has 0 unspecified atom stereocenters. The highest BCUT2D eigenvalue weighted by Crippen LogP contribution is 2.29. The van der Waals surface area contributed by atoms with E-state index in [9.17, 15) is 4.79 Å². The van der Waals surface area contributed by atoms with E-state index < -0.39 is 0 Å². The summed E-state index contributed by atoms with van der Waals surface area (Å²) < 4.78 is 1.81. The maximum Gasteiger partial charge on any atom is 0.251 e. The molecular weight excluding hydrogens is 376 g/mol. The average molecular weight is 400 g/mol. The van der Waals surface area contributed by atoms with E-state index in [1.54, 1.807) is 6.20 Å². The molecule has 30 heavy (non-hydrogen) atoms. The van der Waals surface area contributed by atoms with Crippen molar-refractivity contribution in [3.8, 4) is 0 Å². The number of benzene rings is 1. The van der Waals surface area contributed by atoms with Gasteiger partial charge in [-0.2, -0.15) is 9.61 Å². The summed E-state index contributed by atoms with van der Waals surface area (Å²) in [5.41, 5.74) is 4.09. The van der Waals surface area contributed by atoms with Gasteiger partial charge in [0.05, 0.1) is 6.20 Å². The summed E-state index contributed by atoms with van der Waals surface area (Å²) in [5.74, 6) is 1.56. The predicted molar refractivity (Wildman–Crippen MR) is 118 cm³/mol. The average Bonchev–Trinajstić information content (AvgIpc) is 3.37. The van der Waals surface area contributed by atoms with Crippen LogP contribution in [0.3, 0.4) is 0 Å². The Kier molecular flexibility index (Phi) is 4.50. The van der Waals surface area contributed by atoms with Crippen molar-refractivity contribution in [2.75, 3.05) is 10.6 Å². The van der Waals surface area contributed by atoms with Crippen molar-refractivity contribution >= 4 is 29.3 Å². The van der Waals surface area contributed by atoms with Gasteiger partial charge in [-0.1, -0.05) is 36.9 Å². The first-order valence-electron chi connectivity index (χ1n) is 10.2. The van der Waals surface area contributed by atoms with Crippen LogP contribution < -0.4 is 16.0 Å². The van der Waals surface area contributed by atoms with Crippen molar-refractivity contribution in [1.82, 2.24) is 19.9 Å². The van der Waals surface area contributed by atoms with Crippen molar-refractivity contribution in [3.05, 3.63) is 71.6 Å². The van der Waals surface area contributed by atoms with Crippen LogP contribution >= 0.6 is 0 Å². The molecule has 7 nitrogen and oxygen atoms in total. The molecule has 3 aromatic rings. The van der Waals surface area contributed by atoms with Gasteiger partial charge in [0.25, 0.3) is 5.91 Å².